The van der Waals surface area contributed by atoms with Crippen LogP contribution in [0.5, 0.6) is 0 Å². The highest BCUT2D eigenvalue weighted by atomic mass is 16.5. The number of hydrogen-bond acceptors (Lipinski definition) is 4. The number of fused-ring (bicyclic) bond motifs is 1. The summed E-state index contributed by atoms with van der Waals surface area (Å²) in [5.41, 5.74) is 3.81. The zero-order valence-corrected chi connectivity index (χ0v) is 11.3. The SMILES string of the molecule is c1cc(-c2ccc3c(c2)CCO[C@@H]3[C@@H]2CCCN2)on1. The molecular formula is C16H18N2O2. The second-order valence-electron chi connectivity index (χ2n) is 5.53. The highest BCUT2D eigenvalue weighted by Crippen LogP contribution is 2.35. The average Bonchev–Trinajstić information content (AvgIpc) is 3.19. The number of rotatable bonds is 2. The summed E-state index contributed by atoms with van der Waals surface area (Å²) in [6.07, 6.45) is 5.30. The molecule has 1 saturated heterocycles. The standard InChI is InChI=1S/C16H18N2O2/c1-2-14(17-7-1)16-13-4-3-12(15-5-8-18-20-15)10-11(13)6-9-19-16/h3-5,8,10,14,16-17H,1-2,6-7,9H2/t14-,16-/m0/s1. The van der Waals surface area contributed by atoms with Crippen LogP contribution in [0.4, 0.5) is 0 Å². The van der Waals surface area contributed by atoms with Gasteiger partial charge in [0.05, 0.1) is 18.9 Å². The van der Waals surface area contributed by atoms with E-state index < -0.39 is 0 Å². The summed E-state index contributed by atoms with van der Waals surface area (Å²) < 4.78 is 11.3. The van der Waals surface area contributed by atoms with Crippen LogP contribution in [0, 0.1) is 0 Å². The van der Waals surface area contributed by atoms with Gasteiger partial charge in [-0.3, -0.25) is 0 Å². The van der Waals surface area contributed by atoms with Crippen LogP contribution in [0.2, 0.25) is 0 Å². The highest BCUT2D eigenvalue weighted by molar-refractivity contribution is 5.59. The van der Waals surface area contributed by atoms with Crippen molar-refractivity contribution in [2.45, 2.75) is 31.4 Å². The van der Waals surface area contributed by atoms with Crippen LogP contribution in [0.1, 0.15) is 30.1 Å². The van der Waals surface area contributed by atoms with Gasteiger partial charge in [-0.05, 0) is 43.0 Å². The summed E-state index contributed by atoms with van der Waals surface area (Å²) in [4.78, 5) is 0. The van der Waals surface area contributed by atoms with E-state index in [1.807, 2.05) is 6.07 Å². The van der Waals surface area contributed by atoms with E-state index in [-0.39, 0.29) is 6.10 Å². The van der Waals surface area contributed by atoms with Crippen molar-refractivity contribution in [3.8, 4) is 11.3 Å². The third-order valence-corrected chi connectivity index (χ3v) is 4.30. The topological polar surface area (TPSA) is 47.3 Å². The van der Waals surface area contributed by atoms with Crippen molar-refractivity contribution < 1.29 is 9.26 Å². The van der Waals surface area contributed by atoms with Crippen molar-refractivity contribution in [2.24, 2.45) is 0 Å². The molecule has 1 N–H and O–H groups in total. The van der Waals surface area contributed by atoms with Crippen LogP contribution in [-0.4, -0.2) is 24.4 Å². The van der Waals surface area contributed by atoms with E-state index in [9.17, 15) is 0 Å². The van der Waals surface area contributed by atoms with Crippen LogP contribution in [0.15, 0.2) is 35.0 Å². The zero-order valence-electron chi connectivity index (χ0n) is 11.3. The van der Waals surface area contributed by atoms with Crippen molar-refractivity contribution in [1.29, 1.82) is 0 Å². The normalized spacial score (nSPS) is 25.6. The quantitative estimate of drug-likeness (QED) is 0.911. The van der Waals surface area contributed by atoms with Crippen molar-refractivity contribution in [3.63, 3.8) is 0 Å². The molecule has 1 fully saturated rings. The molecule has 0 unspecified atom stereocenters. The first-order valence-corrected chi connectivity index (χ1v) is 7.31. The van der Waals surface area contributed by atoms with E-state index in [2.05, 4.69) is 28.7 Å². The minimum absolute atomic E-state index is 0.199. The predicted octanol–water partition coefficient (Wildman–Crippen LogP) is 2.71. The first-order valence-electron chi connectivity index (χ1n) is 7.31. The zero-order chi connectivity index (χ0) is 13.4. The number of hydrogen-bond donors (Lipinski definition) is 1. The van der Waals surface area contributed by atoms with Gasteiger partial charge >= 0.3 is 0 Å². The van der Waals surface area contributed by atoms with Gasteiger partial charge in [-0.25, -0.2) is 0 Å². The highest BCUT2D eigenvalue weighted by Gasteiger charge is 2.30. The lowest BCUT2D eigenvalue weighted by atomic mass is 9.91. The molecule has 0 saturated carbocycles. The summed E-state index contributed by atoms with van der Waals surface area (Å²) in [6.45, 7) is 1.91. The van der Waals surface area contributed by atoms with E-state index in [0.717, 1.165) is 30.9 Å². The number of nitrogens with one attached hydrogen (secondary N) is 1. The molecule has 20 heavy (non-hydrogen) atoms. The summed E-state index contributed by atoms with van der Waals surface area (Å²) in [6, 6.07) is 8.88. The van der Waals surface area contributed by atoms with Crippen molar-refractivity contribution in [1.82, 2.24) is 10.5 Å². The maximum Gasteiger partial charge on any atom is 0.166 e. The summed E-state index contributed by atoms with van der Waals surface area (Å²) in [5.74, 6) is 0.829. The molecule has 2 aromatic rings. The summed E-state index contributed by atoms with van der Waals surface area (Å²) >= 11 is 0. The van der Waals surface area contributed by atoms with Crippen LogP contribution < -0.4 is 5.32 Å². The first kappa shape index (κ1) is 12.1. The van der Waals surface area contributed by atoms with Crippen LogP contribution in [0.25, 0.3) is 11.3 Å². The fourth-order valence-corrected chi connectivity index (χ4v) is 3.31. The molecule has 0 spiro atoms. The Morgan fingerprint density at radius 1 is 1.25 bits per heavy atom. The second kappa shape index (κ2) is 5.04. The van der Waals surface area contributed by atoms with E-state index in [4.69, 9.17) is 9.26 Å². The molecule has 2 aliphatic rings. The number of ether oxygens (including phenoxy) is 1. The van der Waals surface area contributed by atoms with Crippen molar-refractivity contribution in [3.05, 3.63) is 41.6 Å². The van der Waals surface area contributed by atoms with Gasteiger partial charge in [0.15, 0.2) is 5.76 Å². The lowest BCUT2D eigenvalue weighted by Gasteiger charge is -2.30. The second-order valence-corrected chi connectivity index (χ2v) is 5.53. The molecule has 1 aromatic heterocycles. The van der Waals surface area contributed by atoms with Gasteiger partial charge in [-0.15, -0.1) is 0 Å². The Labute approximate surface area is 118 Å². The van der Waals surface area contributed by atoms with Crippen LogP contribution in [0.3, 0.4) is 0 Å². The predicted molar refractivity (Wildman–Crippen MR) is 75.4 cm³/mol. The summed E-state index contributed by atoms with van der Waals surface area (Å²) in [7, 11) is 0. The molecule has 104 valence electrons. The van der Waals surface area contributed by atoms with Crippen LogP contribution in [-0.2, 0) is 11.2 Å². The van der Waals surface area contributed by atoms with Gasteiger partial charge in [0.25, 0.3) is 0 Å². The monoisotopic (exact) mass is 270 g/mol. The molecular weight excluding hydrogens is 252 g/mol. The third kappa shape index (κ3) is 2.05. The molecule has 2 atom stereocenters. The summed E-state index contributed by atoms with van der Waals surface area (Å²) in [5, 5.41) is 7.33. The Balaban J connectivity index is 1.69. The molecule has 4 heteroatoms. The van der Waals surface area contributed by atoms with Crippen molar-refractivity contribution >= 4 is 0 Å². The van der Waals surface area contributed by atoms with E-state index in [0.29, 0.717) is 6.04 Å². The number of benzene rings is 1. The van der Waals surface area contributed by atoms with Gasteiger partial charge in [0.2, 0.25) is 0 Å². The molecule has 0 aliphatic carbocycles. The lowest BCUT2D eigenvalue weighted by molar-refractivity contribution is 0.0199. The molecule has 0 amide bonds. The lowest BCUT2D eigenvalue weighted by Crippen LogP contribution is -2.33. The maximum absolute atomic E-state index is 6.02. The maximum atomic E-state index is 6.02. The van der Waals surface area contributed by atoms with Crippen LogP contribution >= 0.6 is 0 Å². The van der Waals surface area contributed by atoms with E-state index in [1.54, 1.807) is 6.20 Å². The number of nitrogens with zero attached hydrogens (tertiary/aromatic N) is 1. The fourth-order valence-electron chi connectivity index (χ4n) is 3.31. The Hall–Kier alpha value is -1.65. The molecule has 0 bridgehead atoms. The van der Waals surface area contributed by atoms with Gasteiger partial charge in [-0.1, -0.05) is 17.3 Å². The van der Waals surface area contributed by atoms with Gasteiger partial charge in [0, 0.05) is 17.7 Å². The van der Waals surface area contributed by atoms with Gasteiger partial charge < -0.3 is 14.6 Å². The van der Waals surface area contributed by atoms with E-state index in [1.165, 1.54) is 24.0 Å². The molecule has 4 rings (SSSR count). The van der Waals surface area contributed by atoms with Gasteiger partial charge in [-0.2, -0.15) is 0 Å². The average molecular weight is 270 g/mol. The smallest absolute Gasteiger partial charge is 0.166 e. The molecule has 1 aromatic carbocycles. The minimum atomic E-state index is 0.199. The third-order valence-electron chi connectivity index (χ3n) is 4.30. The minimum Gasteiger partial charge on any atom is -0.372 e. The Kier molecular flexibility index (Phi) is 3.05. The molecule has 3 heterocycles. The first-order chi connectivity index (χ1) is 9.92. The fraction of sp³-hybridized carbons (Fsp3) is 0.438. The molecule has 0 radical (unpaired) electrons. The Bertz CT molecular complexity index is 589. The van der Waals surface area contributed by atoms with E-state index >= 15 is 0 Å². The Morgan fingerprint density at radius 2 is 2.25 bits per heavy atom. The number of aromatic nitrogens is 1. The molecule has 2 aliphatic heterocycles. The van der Waals surface area contributed by atoms with Crippen molar-refractivity contribution in [2.75, 3.05) is 13.2 Å². The largest absolute Gasteiger partial charge is 0.372 e. The molecule has 4 nitrogen and oxygen atoms in total. The van der Waals surface area contributed by atoms with Gasteiger partial charge in [0.1, 0.15) is 0 Å². The Morgan fingerprint density at radius 3 is 3.05 bits per heavy atom.